The van der Waals surface area contributed by atoms with E-state index in [1.54, 1.807) is 54.6 Å². The van der Waals surface area contributed by atoms with Crippen LogP contribution in [0.1, 0.15) is 29.2 Å². The third-order valence-corrected chi connectivity index (χ3v) is 6.30. The molecule has 0 radical (unpaired) electrons. The van der Waals surface area contributed by atoms with Gasteiger partial charge < -0.3 is 15.7 Å². The third kappa shape index (κ3) is 7.18. The van der Waals surface area contributed by atoms with Gasteiger partial charge in [-0.1, -0.05) is 36.4 Å². The van der Waals surface area contributed by atoms with E-state index in [4.69, 9.17) is 0 Å². The second kappa shape index (κ2) is 12.1. The molecule has 39 heavy (non-hydrogen) atoms. The van der Waals surface area contributed by atoms with E-state index in [1.807, 2.05) is 4.90 Å². The monoisotopic (exact) mass is 536 g/mol. The highest BCUT2D eigenvalue weighted by molar-refractivity contribution is 6.03. The fraction of sp³-hybridized carbons (Fsp3) is 0.207. The molecule has 0 bridgehead atoms. The summed E-state index contributed by atoms with van der Waals surface area (Å²) in [4.78, 5) is 31.3. The summed E-state index contributed by atoms with van der Waals surface area (Å²) in [5.41, 5.74) is 1.87. The Labute approximate surface area is 223 Å². The van der Waals surface area contributed by atoms with Crippen LogP contribution in [0.3, 0.4) is 0 Å². The molecule has 1 aliphatic heterocycles. The van der Waals surface area contributed by atoms with Crippen molar-refractivity contribution in [3.8, 4) is 0 Å². The zero-order valence-corrected chi connectivity index (χ0v) is 20.9. The molecule has 10 heteroatoms. The maximum atomic E-state index is 13.3. The molecule has 0 aromatic heterocycles. The maximum Gasteiger partial charge on any atom is 0.416 e. The molecule has 3 N–H and O–H groups in total. The summed E-state index contributed by atoms with van der Waals surface area (Å²) in [7, 11) is 0. The first kappa shape index (κ1) is 27.7. The molecule has 2 amide bonds. The number of hydrogen-bond donors (Lipinski definition) is 3. The molecule has 2 atom stereocenters. The van der Waals surface area contributed by atoms with Crippen molar-refractivity contribution in [2.45, 2.75) is 24.7 Å². The normalized spacial score (nSPS) is 16.7. The van der Waals surface area contributed by atoms with Crippen LogP contribution in [-0.4, -0.2) is 47.7 Å². The predicted octanol–water partition coefficient (Wildman–Crippen LogP) is 5.44. The Hall–Kier alpha value is -4.28. The van der Waals surface area contributed by atoms with Gasteiger partial charge in [0.2, 0.25) is 11.8 Å². The van der Waals surface area contributed by atoms with Crippen LogP contribution >= 0.6 is 0 Å². The highest BCUT2D eigenvalue weighted by Crippen LogP contribution is 2.31. The lowest BCUT2D eigenvalue weighted by molar-refractivity contribution is -0.137. The standard InChI is InChI=1S/C29H27F3N4O3/c1-33-24-4-2-3-5-25(24)35-26(38)15-8-19-6-9-20(10-7-19)27(36-17-16-23(37)18-36)28(39)34-22-13-11-21(12-14-22)29(30,31)32/h2-15,23,27,37H,1,16-18H2,(H,34,39)(H,35,38)/b15-8+/t23-,27?/m0/s1. The van der Waals surface area contributed by atoms with E-state index < -0.39 is 29.8 Å². The van der Waals surface area contributed by atoms with Crippen LogP contribution in [0.4, 0.5) is 30.2 Å². The first-order chi connectivity index (χ1) is 18.6. The number of aliphatic hydroxyl groups excluding tert-OH is 1. The lowest BCUT2D eigenvalue weighted by Crippen LogP contribution is -2.36. The van der Waals surface area contributed by atoms with Crippen LogP contribution in [0.5, 0.6) is 0 Å². The molecule has 4 rings (SSSR count). The van der Waals surface area contributed by atoms with Crippen LogP contribution < -0.4 is 10.6 Å². The lowest BCUT2D eigenvalue weighted by atomic mass is 10.0. The Balaban J connectivity index is 1.47. The molecule has 1 unspecified atom stereocenters. The van der Waals surface area contributed by atoms with Gasteiger partial charge in [0.15, 0.2) is 0 Å². The zero-order chi connectivity index (χ0) is 28.0. The summed E-state index contributed by atoms with van der Waals surface area (Å²) in [5, 5.41) is 15.5. The maximum absolute atomic E-state index is 13.3. The van der Waals surface area contributed by atoms with E-state index >= 15 is 0 Å². The Kier molecular flexibility index (Phi) is 8.58. The van der Waals surface area contributed by atoms with E-state index in [2.05, 4.69) is 22.3 Å². The first-order valence-corrected chi connectivity index (χ1v) is 12.2. The lowest BCUT2D eigenvalue weighted by Gasteiger charge is -2.27. The topological polar surface area (TPSA) is 94.0 Å². The number of amides is 2. The number of aliphatic imine (C=N–C) groups is 1. The minimum atomic E-state index is -4.47. The number of para-hydroxylation sites is 2. The molecule has 1 saturated heterocycles. The molecule has 0 spiro atoms. The number of rotatable bonds is 8. The van der Waals surface area contributed by atoms with E-state index in [1.165, 1.54) is 18.2 Å². The Morgan fingerprint density at radius 2 is 1.72 bits per heavy atom. The second-order valence-electron chi connectivity index (χ2n) is 9.07. The van der Waals surface area contributed by atoms with Crippen LogP contribution in [0, 0.1) is 0 Å². The van der Waals surface area contributed by atoms with E-state index in [-0.39, 0.29) is 18.1 Å². The SMILES string of the molecule is C=Nc1ccccc1NC(=O)/C=C/c1ccc(C(C(=O)Nc2ccc(C(F)(F)F)cc2)N2CC[C@H](O)C2)cc1. The number of carbonyl (C=O) groups is 2. The molecule has 1 aliphatic rings. The molecule has 202 valence electrons. The van der Waals surface area contributed by atoms with Crippen molar-refractivity contribution in [3.05, 3.63) is 95.6 Å². The molecule has 0 aliphatic carbocycles. The van der Waals surface area contributed by atoms with Crippen LogP contribution in [-0.2, 0) is 15.8 Å². The smallest absolute Gasteiger partial charge is 0.392 e. The minimum absolute atomic E-state index is 0.233. The predicted molar refractivity (Wildman–Crippen MR) is 145 cm³/mol. The highest BCUT2D eigenvalue weighted by atomic mass is 19.4. The first-order valence-electron chi connectivity index (χ1n) is 12.2. The molecule has 3 aromatic rings. The van der Waals surface area contributed by atoms with Crippen molar-refractivity contribution in [2.75, 3.05) is 23.7 Å². The molecule has 1 heterocycles. The molecule has 7 nitrogen and oxygen atoms in total. The summed E-state index contributed by atoms with van der Waals surface area (Å²) >= 11 is 0. The third-order valence-electron chi connectivity index (χ3n) is 6.30. The molecule has 0 saturated carbocycles. The van der Waals surface area contributed by atoms with Crippen molar-refractivity contribution in [1.29, 1.82) is 0 Å². The number of anilines is 2. The number of benzene rings is 3. The molecule has 1 fully saturated rings. The van der Waals surface area contributed by atoms with Crippen LogP contribution in [0.2, 0.25) is 0 Å². The van der Waals surface area contributed by atoms with Crippen molar-refractivity contribution < 1.29 is 27.9 Å². The van der Waals surface area contributed by atoms with Gasteiger partial charge in [0.05, 0.1) is 23.0 Å². The zero-order valence-electron chi connectivity index (χ0n) is 20.9. The van der Waals surface area contributed by atoms with Gasteiger partial charge in [-0.25, -0.2) is 0 Å². The fourth-order valence-electron chi connectivity index (χ4n) is 4.34. The Morgan fingerprint density at radius 3 is 2.33 bits per heavy atom. The van der Waals surface area contributed by atoms with Gasteiger partial charge in [0.25, 0.3) is 0 Å². The van der Waals surface area contributed by atoms with Gasteiger partial charge in [-0.2, -0.15) is 13.2 Å². The largest absolute Gasteiger partial charge is 0.416 e. The summed E-state index contributed by atoms with van der Waals surface area (Å²) in [6, 6.07) is 17.5. The highest BCUT2D eigenvalue weighted by Gasteiger charge is 2.33. The number of aliphatic hydroxyl groups is 1. The molecular formula is C29H27F3N4O3. The van der Waals surface area contributed by atoms with Gasteiger partial charge >= 0.3 is 6.18 Å². The number of halogens is 3. The Bertz CT molecular complexity index is 1360. The van der Waals surface area contributed by atoms with Crippen LogP contribution in [0.15, 0.2) is 83.9 Å². The van der Waals surface area contributed by atoms with E-state index in [0.29, 0.717) is 35.5 Å². The number of nitrogens with zero attached hydrogens (tertiary/aromatic N) is 2. The van der Waals surface area contributed by atoms with E-state index in [9.17, 15) is 27.9 Å². The van der Waals surface area contributed by atoms with Gasteiger partial charge in [-0.05, 0) is 66.7 Å². The quantitative estimate of drug-likeness (QED) is 0.264. The number of carbonyl (C=O) groups excluding carboxylic acids is 2. The summed E-state index contributed by atoms with van der Waals surface area (Å²) in [5.74, 6) is -0.781. The van der Waals surface area contributed by atoms with Crippen molar-refractivity contribution in [1.82, 2.24) is 4.90 Å². The van der Waals surface area contributed by atoms with Gasteiger partial charge in [-0.15, -0.1) is 0 Å². The van der Waals surface area contributed by atoms with E-state index in [0.717, 1.165) is 12.1 Å². The molecular weight excluding hydrogens is 509 g/mol. The van der Waals surface area contributed by atoms with Gasteiger partial charge in [0, 0.05) is 24.9 Å². The van der Waals surface area contributed by atoms with Crippen molar-refractivity contribution in [3.63, 3.8) is 0 Å². The fourth-order valence-corrected chi connectivity index (χ4v) is 4.34. The van der Waals surface area contributed by atoms with Crippen LogP contribution in [0.25, 0.3) is 6.08 Å². The van der Waals surface area contributed by atoms with Gasteiger partial charge in [0.1, 0.15) is 6.04 Å². The summed E-state index contributed by atoms with van der Waals surface area (Å²) < 4.78 is 38.6. The number of β-amino-alcohol motifs (C(OH)–C–C–N with tert-alkyl or cyclic N) is 1. The average molecular weight is 537 g/mol. The number of alkyl halides is 3. The summed E-state index contributed by atoms with van der Waals surface area (Å²) in [6.45, 7) is 4.26. The molecule has 3 aromatic carbocycles. The van der Waals surface area contributed by atoms with Crippen molar-refractivity contribution in [2.24, 2.45) is 4.99 Å². The minimum Gasteiger partial charge on any atom is -0.392 e. The van der Waals surface area contributed by atoms with Gasteiger partial charge in [-0.3, -0.25) is 19.5 Å². The number of nitrogens with one attached hydrogen (secondary N) is 2. The Morgan fingerprint density at radius 1 is 1.03 bits per heavy atom. The second-order valence-corrected chi connectivity index (χ2v) is 9.07. The summed E-state index contributed by atoms with van der Waals surface area (Å²) in [6.07, 6.45) is -1.54. The number of likely N-dealkylation sites (tertiary alicyclic amines) is 1. The average Bonchev–Trinajstić information content (AvgIpc) is 3.34. The number of hydrogen-bond acceptors (Lipinski definition) is 5. The van der Waals surface area contributed by atoms with Crippen molar-refractivity contribution >= 4 is 41.7 Å².